The second-order valence-electron chi connectivity index (χ2n) is 5.86. The van der Waals surface area contributed by atoms with Crippen LogP contribution >= 0.6 is 15.9 Å². The number of rotatable bonds is 4. The van der Waals surface area contributed by atoms with Crippen LogP contribution in [0.15, 0.2) is 41.4 Å². The largest absolute Gasteiger partial charge is 0.303 e. The van der Waals surface area contributed by atoms with Gasteiger partial charge in [0.05, 0.1) is 6.04 Å². The number of piperidine rings is 1. The van der Waals surface area contributed by atoms with Gasteiger partial charge in [-0.05, 0) is 36.5 Å². The smallest absolute Gasteiger partial charge is 0.137 e. The molecule has 0 bridgehead atoms. The van der Waals surface area contributed by atoms with Crippen LogP contribution in [0, 0.1) is 0 Å². The Hall–Kier alpha value is -1.20. The van der Waals surface area contributed by atoms with Crippen LogP contribution in [-0.2, 0) is 0 Å². The van der Waals surface area contributed by atoms with Crippen molar-refractivity contribution in [2.24, 2.45) is 0 Å². The van der Waals surface area contributed by atoms with Crippen molar-refractivity contribution in [1.82, 2.24) is 19.7 Å². The van der Waals surface area contributed by atoms with Crippen LogP contribution in [0.25, 0.3) is 0 Å². The summed E-state index contributed by atoms with van der Waals surface area (Å²) in [7, 11) is 0. The lowest BCUT2D eigenvalue weighted by Crippen LogP contribution is -2.37. The molecule has 5 heteroatoms. The van der Waals surface area contributed by atoms with Crippen molar-refractivity contribution < 1.29 is 0 Å². The van der Waals surface area contributed by atoms with Gasteiger partial charge in [-0.2, -0.15) is 5.10 Å². The standard InChI is InChI=1S/C16H21BrN4/c1-13(14-3-2-4-15(17)9-14)10-20-7-5-16(6-8-20)21-12-18-11-19-21/h2-4,9,11-13,16H,5-8,10H2,1H3. The Morgan fingerprint density at radius 1 is 1.33 bits per heavy atom. The van der Waals surface area contributed by atoms with Crippen LogP contribution in [0.2, 0.25) is 0 Å². The van der Waals surface area contributed by atoms with Crippen LogP contribution in [0.3, 0.4) is 0 Å². The lowest BCUT2D eigenvalue weighted by atomic mass is 9.98. The van der Waals surface area contributed by atoms with Crippen molar-refractivity contribution in [2.45, 2.75) is 31.7 Å². The van der Waals surface area contributed by atoms with E-state index in [1.807, 2.05) is 11.0 Å². The van der Waals surface area contributed by atoms with Crippen LogP contribution in [0.4, 0.5) is 0 Å². The van der Waals surface area contributed by atoms with Gasteiger partial charge in [-0.25, -0.2) is 9.67 Å². The van der Waals surface area contributed by atoms with Crippen LogP contribution in [0.1, 0.15) is 37.3 Å². The highest BCUT2D eigenvalue weighted by atomic mass is 79.9. The fourth-order valence-electron chi connectivity index (χ4n) is 3.08. The number of hydrogen-bond donors (Lipinski definition) is 0. The van der Waals surface area contributed by atoms with Crippen molar-refractivity contribution >= 4 is 15.9 Å². The first-order chi connectivity index (χ1) is 10.2. The predicted molar refractivity (Wildman–Crippen MR) is 87.3 cm³/mol. The van der Waals surface area contributed by atoms with Gasteiger partial charge in [0.15, 0.2) is 0 Å². The number of hydrogen-bond acceptors (Lipinski definition) is 3. The molecule has 1 saturated heterocycles. The number of halogens is 1. The Morgan fingerprint density at radius 3 is 2.81 bits per heavy atom. The molecule has 4 nitrogen and oxygen atoms in total. The molecule has 1 unspecified atom stereocenters. The summed E-state index contributed by atoms with van der Waals surface area (Å²) < 4.78 is 3.17. The second kappa shape index (κ2) is 6.71. The first kappa shape index (κ1) is 14.7. The molecule has 0 radical (unpaired) electrons. The van der Waals surface area contributed by atoms with Crippen LogP contribution in [-0.4, -0.2) is 39.3 Å². The van der Waals surface area contributed by atoms with Gasteiger partial charge >= 0.3 is 0 Å². The van der Waals surface area contributed by atoms with Gasteiger partial charge in [-0.3, -0.25) is 0 Å². The lowest BCUT2D eigenvalue weighted by Gasteiger charge is -2.33. The van der Waals surface area contributed by atoms with Crippen molar-refractivity contribution in [2.75, 3.05) is 19.6 Å². The van der Waals surface area contributed by atoms with Crippen LogP contribution < -0.4 is 0 Å². The fourth-order valence-corrected chi connectivity index (χ4v) is 3.50. The molecular formula is C16H21BrN4. The van der Waals surface area contributed by atoms with E-state index < -0.39 is 0 Å². The Labute approximate surface area is 134 Å². The van der Waals surface area contributed by atoms with E-state index in [0.29, 0.717) is 12.0 Å². The maximum absolute atomic E-state index is 4.26. The quantitative estimate of drug-likeness (QED) is 0.848. The molecule has 112 valence electrons. The van der Waals surface area contributed by atoms with Crippen molar-refractivity contribution in [3.63, 3.8) is 0 Å². The first-order valence-electron chi connectivity index (χ1n) is 7.54. The third-order valence-corrected chi connectivity index (χ3v) is 4.81. The van der Waals surface area contributed by atoms with E-state index in [9.17, 15) is 0 Å². The van der Waals surface area contributed by atoms with Gasteiger partial charge < -0.3 is 4.90 Å². The molecule has 0 aliphatic carbocycles. The number of benzene rings is 1. The molecule has 2 aromatic rings. The van der Waals surface area contributed by atoms with E-state index in [1.165, 1.54) is 5.56 Å². The summed E-state index contributed by atoms with van der Waals surface area (Å²) >= 11 is 3.56. The van der Waals surface area contributed by atoms with Crippen LogP contribution in [0.5, 0.6) is 0 Å². The SMILES string of the molecule is CC(CN1CCC(n2cncn2)CC1)c1cccc(Br)c1. The molecule has 1 aromatic carbocycles. The summed E-state index contributed by atoms with van der Waals surface area (Å²) in [6.07, 6.45) is 5.79. The Kier molecular flexibility index (Phi) is 4.70. The molecule has 0 saturated carbocycles. The van der Waals surface area contributed by atoms with Gasteiger partial charge in [0, 0.05) is 24.1 Å². The van der Waals surface area contributed by atoms with Crippen molar-refractivity contribution in [1.29, 1.82) is 0 Å². The van der Waals surface area contributed by atoms with Gasteiger partial charge in [0.2, 0.25) is 0 Å². The van der Waals surface area contributed by atoms with E-state index >= 15 is 0 Å². The average Bonchev–Trinajstić information content (AvgIpc) is 3.02. The number of aromatic nitrogens is 3. The minimum atomic E-state index is 0.518. The van der Waals surface area contributed by atoms with Crippen molar-refractivity contribution in [3.8, 4) is 0 Å². The molecule has 1 atom stereocenters. The third-order valence-electron chi connectivity index (χ3n) is 4.32. The first-order valence-corrected chi connectivity index (χ1v) is 8.33. The average molecular weight is 349 g/mol. The zero-order valence-corrected chi connectivity index (χ0v) is 13.9. The predicted octanol–water partition coefficient (Wildman–Crippen LogP) is 3.48. The monoisotopic (exact) mass is 348 g/mol. The molecule has 0 spiro atoms. The van der Waals surface area contributed by atoms with Gasteiger partial charge in [0.25, 0.3) is 0 Å². The molecule has 21 heavy (non-hydrogen) atoms. The van der Waals surface area contributed by atoms with Gasteiger partial charge in [-0.1, -0.05) is 35.0 Å². The maximum atomic E-state index is 4.26. The normalized spacial score (nSPS) is 18.8. The summed E-state index contributed by atoms with van der Waals surface area (Å²) in [5.41, 5.74) is 1.41. The molecule has 1 aromatic heterocycles. The fraction of sp³-hybridized carbons (Fsp3) is 0.500. The Morgan fingerprint density at radius 2 is 2.14 bits per heavy atom. The van der Waals surface area contributed by atoms with Gasteiger partial charge in [0.1, 0.15) is 12.7 Å². The summed E-state index contributed by atoms with van der Waals surface area (Å²) in [4.78, 5) is 6.61. The topological polar surface area (TPSA) is 34.0 Å². The molecule has 1 fully saturated rings. The number of likely N-dealkylation sites (tertiary alicyclic amines) is 1. The van der Waals surface area contributed by atoms with E-state index in [4.69, 9.17) is 0 Å². The second-order valence-corrected chi connectivity index (χ2v) is 6.78. The Bertz CT molecular complexity index is 561. The molecule has 0 N–H and O–H groups in total. The van der Waals surface area contributed by atoms with E-state index in [-0.39, 0.29) is 0 Å². The maximum Gasteiger partial charge on any atom is 0.137 e. The molecule has 0 amide bonds. The highest BCUT2D eigenvalue weighted by Gasteiger charge is 2.22. The molecule has 2 heterocycles. The van der Waals surface area contributed by atoms with Crippen molar-refractivity contribution in [3.05, 3.63) is 47.0 Å². The Balaban J connectivity index is 1.53. The van der Waals surface area contributed by atoms with E-state index in [0.717, 1.165) is 36.9 Å². The molecule has 1 aliphatic heterocycles. The zero-order chi connectivity index (χ0) is 14.7. The highest BCUT2D eigenvalue weighted by molar-refractivity contribution is 9.10. The summed E-state index contributed by atoms with van der Waals surface area (Å²) in [5, 5.41) is 4.26. The summed E-state index contributed by atoms with van der Waals surface area (Å²) in [6.45, 7) is 5.72. The highest BCUT2D eigenvalue weighted by Crippen LogP contribution is 2.25. The van der Waals surface area contributed by atoms with Gasteiger partial charge in [-0.15, -0.1) is 0 Å². The zero-order valence-electron chi connectivity index (χ0n) is 12.3. The molecule has 1 aliphatic rings. The van der Waals surface area contributed by atoms with E-state index in [2.05, 4.69) is 62.1 Å². The lowest BCUT2D eigenvalue weighted by molar-refractivity contribution is 0.173. The van der Waals surface area contributed by atoms with E-state index in [1.54, 1.807) is 6.33 Å². The summed E-state index contributed by atoms with van der Waals surface area (Å²) in [6, 6.07) is 9.17. The molecular weight excluding hydrogens is 328 g/mol. The summed E-state index contributed by atoms with van der Waals surface area (Å²) in [5.74, 6) is 0.561. The minimum Gasteiger partial charge on any atom is -0.303 e. The third kappa shape index (κ3) is 3.71. The molecule has 3 rings (SSSR count). The minimum absolute atomic E-state index is 0.518. The number of nitrogens with zero attached hydrogens (tertiary/aromatic N) is 4.